The maximum atomic E-state index is 13.0. The Morgan fingerprint density at radius 1 is 1.39 bits per heavy atom. The largest absolute Gasteiger partial charge is 0.341 e. The molecule has 0 bridgehead atoms. The summed E-state index contributed by atoms with van der Waals surface area (Å²) in [6.45, 7) is 5.37. The van der Waals surface area contributed by atoms with Crippen LogP contribution in [0.25, 0.3) is 0 Å². The summed E-state index contributed by atoms with van der Waals surface area (Å²) in [6, 6.07) is 10.0. The van der Waals surface area contributed by atoms with Gasteiger partial charge in [-0.15, -0.1) is 0 Å². The Bertz CT molecular complexity index is 653. The summed E-state index contributed by atoms with van der Waals surface area (Å²) in [5.41, 5.74) is 1.09. The van der Waals surface area contributed by atoms with E-state index in [1.807, 2.05) is 42.2 Å². The lowest BCUT2D eigenvalue weighted by Crippen LogP contribution is -2.41. The predicted molar refractivity (Wildman–Crippen MR) is 87.1 cm³/mol. The van der Waals surface area contributed by atoms with Crippen LogP contribution in [0, 0.1) is 6.92 Å². The minimum Gasteiger partial charge on any atom is -0.341 e. The molecular formula is C18H23N3O2. The summed E-state index contributed by atoms with van der Waals surface area (Å²) in [7, 11) is 0. The van der Waals surface area contributed by atoms with Gasteiger partial charge >= 0.3 is 0 Å². The first-order valence-electron chi connectivity index (χ1n) is 8.33. The van der Waals surface area contributed by atoms with Crippen LogP contribution in [-0.4, -0.2) is 34.0 Å². The van der Waals surface area contributed by atoms with E-state index >= 15 is 0 Å². The zero-order chi connectivity index (χ0) is 16.2. The van der Waals surface area contributed by atoms with E-state index in [0.29, 0.717) is 18.3 Å². The first kappa shape index (κ1) is 15.7. The summed E-state index contributed by atoms with van der Waals surface area (Å²) >= 11 is 0. The fraction of sp³-hybridized carbons (Fsp3) is 0.500. The molecule has 1 aliphatic heterocycles. The van der Waals surface area contributed by atoms with Crippen molar-refractivity contribution in [1.82, 2.24) is 15.0 Å². The molecule has 2 atom stereocenters. The lowest BCUT2D eigenvalue weighted by molar-refractivity contribution is -0.134. The smallest absolute Gasteiger partial charge is 0.231 e. The molecule has 0 N–H and O–H groups in total. The van der Waals surface area contributed by atoms with Gasteiger partial charge in [0.1, 0.15) is 0 Å². The van der Waals surface area contributed by atoms with Gasteiger partial charge in [-0.1, -0.05) is 42.4 Å². The molecule has 1 amide bonds. The molecule has 3 rings (SSSR count). The van der Waals surface area contributed by atoms with Crippen molar-refractivity contribution in [3.63, 3.8) is 0 Å². The molecule has 2 heterocycles. The highest BCUT2D eigenvalue weighted by molar-refractivity contribution is 5.83. The van der Waals surface area contributed by atoms with Gasteiger partial charge in [0.25, 0.3) is 0 Å². The molecule has 1 fully saturated rings. The highest BCUT2D eigenvalue weighted by Gasteiger charge is 2.31. The standard InChI is InChI=1S/C18H23N3O2/c1-3-16(14-8-5-4-6-9-14)18(22)21-11-7-10-15(12-21)17-19-13(2)20-23-17/h4-6,8-9,15-16H,3,7,10-12H2,1-2H3/t15-,16-/m1/s1. The highest BCUT2D eigenvalue weighted by Crippen LogP contribution is 2.29. The van der Waals surface area contributed by atoms with Crippen LogP contribution >= 0.6 is 0 Å². The molecule has 0 radical (unpaired) electrons. The number of nitrogens with zero attached hydrogens (tertiary/aromatic N) is 3. The molecule has 1 aromatic carbocycles. The van der Waals surface area contributed by atoms with Gasteiger partial charge in [0.2, 0.25) is 11.8 Å². The van der Waals surface area contributed by atoms with Crippen molar-refractivity contribution in [3.05, 3.63) is 47.6 Å². The summed E-state index contributed by atoms with van der Waals surface area (Å²) in [4.78, 5) is 19.3. The zero-order valence-electron chi connectivity index (χ0n) is 13.7. The number of aromatic nitrogens is 2. The van der Waals surface area contributed by atoms with E-state index in [2.05, 4.69) is 17.1 Å². The number of hydrogen-bond acceptors (Lipinski definition) is 4. The van der Waals surface area contributed by atoms with Gasteiger partial charge in [0.15, 0.2) is 5.82 Å². The minimum absolute atomic E-state index is 0.0700. The van der Waals surface area contributed by atoms with Gasteiger partial charge in [-0.05, 0) is 31.7 Å². The van der Waals surface area contributed by atoms with Crippen molar-refractivity contribution in [2.24, 2.45) is 0 Å². The van der Waals surface area contributed by atoms with Gasteiger partial charge in [-0.25, -0.2) is 0 Å². The van der Waals surface area contributed by atoms with Gasteiger partial charge in [0, 0.05) is 13.1 Å². The number of carbonyl (C=O) groups is 1. The van der Waals surface area contributed by atoms with Gasteiger partial charge in [0.05, 0.1) is 11.8 Å². The average molecular weight is 313 g/mol. The van der Waals surface area contributed by atoms with Crippen LogP contribution in [0.15, 0.2) is 34.9 Å². The summed E-state index contributed by atoms with van der Waals surface area (Å²) in [5, 5.41) is 3.87. The lowest BCUT2D eigenvalue weighted by atomic mass is 9.92. The highest BCUT2D eigenvalue weighted by atomic mass is 16.5. The molecule has 1 aromatic heterocycles. The van der Waals surface area contributed by atoms with E-state index < -0.39 is 0 Å². The number of amides is 1. The van der Waals surface area contributed by atoms with Crippen LogP contribution in [0.3, 0.4) is 0 Å². The van der Waals surface area contributed by atoms with E-state index in [1.54, 1.807) is 0 Å². The Kier molecular flexibility index (Phi) is 4.74. The molecule has 1 aliphatic rings. The maximum Gasteiger partial charge on any atom is 0.231 e. The first-order valence-corrected chi connectivity index (χ1v) is 8.33. The van der Waals surface area contributed by atoms with E-state index in [0.717, 1.165) is 31.4 Å². The Morgan fingerprint density at radius 2 is 2.17 bits per heavy atom. The molecule has 122 valence electrons. The van der Waals surface area contributed by atoms with E-state index in [9.17, 15) is 4.79 Å². The van der Waals surface area contributed by atoms with E-state index in [-0.39, 0.29) is 17.7 Å². The number of carbonyl (C=O) groups excluding carboxylic acids is 1. The number of aryl methyl sites for hydroxylation is 1. The molecule has 5 heteroatoms. The van der Waals surface area contributed by atoms with Crippen LogP contribution in [0.1, 0.15) is 55.3 Å². The van der Waals surface area contributed by atoms with Crippen LogP contribution in [0.5, 0.6) is 0 Å². The number of hydrogen-bond donors (Lipinski definition) is 0. The molecule has 0 saturated carbocycles. The van der Waals surface area contributed by atoms with Crippen molar-refractivity contribution in [3.8, 4) is 0 Å². The van der Waals surface area contributed by atoms with Crippen molar-refractivity contribution in [2.75, 3.05) is 13.1 Å². The van der Waals surface area contributed by atoms with Crippen LogP contribution in [0.4, 0.5) is 0 Å². The molecule has 5 nitrogen and oxygen atoms in total. The maximum absolute atomic E-state index is 13.0. The second-order valence-corrected chi connectivity index (χ2v) is 6.17. The van der Waals surface area contributed by atoms with Crippen LogP contribution in [-0.2, 0) is 4.79 Å². The van der Waals surface area contributed by atoms with Crippen molar-refractivity contribution in [2.45, 2.75) is 44.9 Å². The third kappa shape index (κ3) is 3.44. The Hall–Kier alpha value is -2.17. The molecule has 23 heavy (non-hydrogen) atoms. The SMILES string of the molecule is CC[C@@H](C(=O)N1CCC[C@@H](c2nc(C)no2)C1)c1ccccc1. The van der Waals surface area contributed by atoms with E-state index in [1.165, 1.54) is 0 Å². The predicted octanol–water partition coefficient (Wildman–Crippen LogP) is 3.28. The first-order chi connectivity index (χ1) is 11.2. The van der Waals surface area contributed by atoms with Crippen LogP contribution in [0.2, 0.25) is 0 Å². The quantitative estimate of drug-likeness (QED) is 0.869. The monoisotopic (exact) mass is 313 g/mol. The topological polar surface area (TPSA) is 59.2 Å². The Labute approximate surface area is 136 Å². The molecule has 0 spiro atoms. The lowest BCUT2D eigenvalue weighted by Gasteiger charge is -2.33. The number of benzene rings is 1. The van der Waals surface area contributed by atoms with Gasteiger partial charge in [-0.2, -0.15) is 4.98 Å². The summed E-state index contributed by atoms with van der Waals surface area (Å²) < 4.78 is 5.30. The van der Waals surface area contributed by atoms with Gasteiger partial charge in [-0.3, -0.25) is 4.79 Å². The summed E-state index contributed by atoms with van der Waals surface area (Å²) in [5.74, 6) is 1.60. The number of piperidine rings is 1. The van der Waals surface area contributed by atoms with Crippen molar-refractivity contribution in [1.29, 1.82) is 0 Å². The molecule has 2 aromatic rings. The van der Waals surface area contributed by atoms with Crippen molar-refractivity contribution >= 4 is 5.91 Å². The Balaban J connectivity index is 1.73. The number of likely N-dealkylation sites (tertiary alicyclic amines) is 1. The van der Waals surface area contributed by atoms with Gasteiger partial charge < -0.3 is 9.42 Å². The van der Waals surface area contributed by atoms with E-state index in [4.69, 9.17) is 4.52 Å². The fourth-order valence-corrected chi connectivity index (χ4v) is 3.32. The minimum atomic E-state index is -0.0700. The molecular weight excluding hydrogens is 290 g/mol. The molecule has 0 aliphatic carbocycles. The average Bonchev–Trinajstić information content (AvgIpc) is 3.03. The van der Waals surface area contributed by atoms with Crippen molar-refractivity contribution < 1.29 is 9.32 Å². The third-order valence-electron chi connectivity index (χ3n) is 4.53. The zero-order valence-corrected chi connectivity index (χ0v) is 13.7. The second kappa shape index (κ2) is 6.94. The second-order valence-electron chi connectivity index (χ2n) is 6.17. The molecule has 0 unspecified atom stereocenters. The number of rotatable bonds is 4. The van der Waals surface area contributed by atoms with Crippen LogP contribution < -0.4 is 0 Å². The summed E-state index contributed by atoms with van der Waals surface area (Å²) in [6.07, 6.45) is 2.78. The third-order valence-corrected chi connectivity index (χ3v) is 4.53. The molecule has 1 saturated heterocycles. The normalized spacial score (nSPS) is 19.6. The fourth-order valence-electron chi connectivity index (χ4n) is 3.32. The Morgan fingerprint density at radius 3 is 2.83 bits per heavy atom.